The van der Waals surface area contributed by atoms with Gasteiger partial charge in [0.2, 0.25) is 21.7 Å². The molecule has 1 aliphatic rings. The zero-order valence-corrected chi connectivity index (χ0v) is 12.4. The van der Waals surface area contributed by atoms with E-state index in [0.29, 0.717) is 12.8 Å². The van der Waals surface area contributed by atoms with Crippen LogP contribution in [0, 0.1) is 6.92 Å². The van der Waals surface area contributed by atoms with Crippen molar-refractivity contribution in [3.8, 4) is 0 Å². The first kappa shape index (κ1) is 15.5. The van der Waals surface area contributed by atoms with Gasteiger partial charge in [0.05, 0.1) is 0 Å². The zero-order chi connectivity index (χ0) is 15.8. The van der Waals surface area contributed by atoms with Gasteiger partial charge < -0.3 is 14.8 Å². The Morgan fingerprint density at radius 1 is 1.48 bits per heavy atom. The van der Waals surface area contributed by atoms with E-state index in [1.54, 1.807) is 0 Å². The van der Waals surface area contributed by atoms with Gasteiger partial charge in [-0.2, -0.15) is 4.31 Å². The molecule has 0 aliphatic carbocycles. The van der Waals surface area contributed by atoms with E-state index in [-0.39, 0.29) is 23.1 Å². The molecule has 0 aromatic carbocycles. The number of carboxylic acid groups (broad SMARTS) is 1. The Labute approximate surface area is 121 Å². The van der Waals surface area contributed by atoms with Gasteiger partial charge >= 0.3 is 5.97 Å². The number of rotatable bonds is 4. The summed E-state index contributed by atoms with van der Waals surface area (Å²) in [6.07, 6.45) is 1.00. The lowest BCUT2D eigenvalue weighted by Gasteiger charge is -2.22. The van der Waals surface area contributed by atoms with Gasteiger partial charge in [0.15, 0.2) is 0 Å². The number of hydrogen-bond donors (Lipinski definition) is 2. The maximum Gasteiger partial charge on any atom is 0.371 e. The molecule has 1 amide bonds. The summed E-state index contributed by atoms with van der Waals surface area (Å²) in [5.74, 6) is -2.17. The Bertz CT molecular complexity index is 678. The van der Waals surface area contributed by atoms with Crippen LogP contribution in [-0.2, 0) is 14.8 Å². The van der Waals surface area contributed by atoms with Gasteiger partial charge in [-0.3, -0.25) is 4.79 Å². The van der Waals surface area contributed by atoms with E-state index in [9.17, 15) is 18.0 Å². The van der Waals surface area contributed by atoms with Crippen molar-refractivity contribution in [2.45, 2.75) is 30.7 Å². The maximum atomic E-state index is 12.6. The number of sulfonamides is 1. The highest BCUT2D eigenvalue weighted by molar-refractivity contribution is 7.89. The number of furan rings is 1. The molecule has 0 bridgehead atoms. The SMILES string of the molecule is CNC(=O)C1CCCN1S(=O)(=O)c1cc(C(=O)O)oc1C. The minimum atomic E-state index is -3.97. The Balaban J connectivity index is 2.42. The summed E-state index contributed by atoms with van der Waals surface area (Å²) in [5, 5.41) is 11.3. The van der Waals surface area contributed by atoms with Gasteiger partial charge in [0.1, 0.15) is 16.7 Å². The molecule has 1 aliphatic heterocycles. The lowest BCUT2D eigenvalue weighted by atomic mass is 10.2. The molecular weight excluding hydrogens is 300 g/mol. The third-order valence-electron chi connectivity index (χ3n) is 3.42. The normalized spacial score (nSPS) is 19.6. The molecule has 1 unspecified atom stereocenters. The molecule has 1 fully saturated rings. The Hall–Kier alpha value is -1.87. The third kappa shape index (κ3) is 2.66. The first-order chi connectivity index (χ1) is 9.78. The topological polar surface area (TPSA) is 117 Å². The molecule has 1 atom stereocenters. The first-order valence-corrected chi connectivity index (χ1v) is 7.80. The molecule has 2 heterocycles. The van der Waals surface area contributed by atoms with Crippen LogP contribution in [0.1, 0.15) is 29.2 Å². The predicted molar refractivity (Wildman–Crippen MR) is 71.4 cm³/mol. The van der Waals surface area contributed by atoms with Crippen molar-refractivity contribution in [1.82, 2.24) is 9.62 Å². The number of nitrogens with zero attached hydrogens (tertiary/aromatic N) is 1. The molecule has 2 N–H and O–H groups in total. The van der Waals surface area contributed by atoms with E-state index in [4.69, 9.17) is 9.52 Å². The van der Waals surface area contributed by atoms with Gasteiger partial charge in [0.25, 0.3) is 0 Å². The van der Waals surface area contributed by atoms with E-state index in [0.717, 1.165) is 10.4 Å². The van der Waals surface area contributed by atoms with Gasteiger partial charge in [-0.1, -0.05) is 0 Å². The van der Waals surface area contributed by atoms with Crippen molar-refractivity contribution < 1.29 is 27.5 Å². The van der Waals surface area contributed by atoms with Crippen molar-refractivity contribution >= 4 is 21.9 Å². The van der Waals surface area contributed by atoms with Gasteiger partial charge in [0, 0.05) is 19.7 Å². The van der Waals surface area contributed by atoms with Gasteiger partial charge in [-0.05, 0) is 19.8 Å². The molecule has 0 spiro atoms. The Morgan fingerprint density at radius 2 is 2.14 bits per heavy atom. The van der Waals surface area contributed by atoms with Crippen LogP contribution in [0.2, 0.25) is 0 Å². The summed E-state index contributed by atoms with van der Waals surface area (Å²) in [6.45, 7) is 1.59. The fraction of sp³-hybridized carbons (Fsp3) is 0.500. The van der Waals surface area contributed by atoms with Crippen LogP contribution in [0.25, 0.3) is 0 Å². The van der Waals surface area contributed by atoms with Crippen LogP contribution in [-0.4, -0.2) is 49.3 Å². The van der Waals surface area contributed by atoms with Crippen molar-refractivity contribution in [2.24, 2.45) is 0 Å². The zero-order valence-electron chi connectivity index (χ0n) is 11.6. The fourth-order valence-electron chi connectivity index (χ4n) is 2.41. The van der Waals surface area contributed by atoms with Crippen molar-refractivity contribution in [3.05, 3.63) is 17.6 Å². The first-order valence-electron chi connectivity index (χ1n) is 6.36. The summed E-state index contributed by atoms with van der Waals surface area (Å²) in [5.41, 5.74) is 0. The maximum absolute atomic E-state index is 12.6. The average Bonchev–Trinajstić information content (AvgIpc) is 3.04. The van der Waals surface area contributed by atoms with Crippen LogP contribution < -0.4 is 5.32 Å². The molecule has 0 saturated carbocycles. The number of nitrogens with one attached hydrogen (secondary N) is 1. The monoisotopic (exact) mass is 316 g/mol. The quantitative estimate of drug-likeness (QED) is 0.818. The molecule has 8 nitrogen and oxygen atoms in total. The van der Waals surface area contributed by atoms with Crippen LogP contribution >= 0.6 is 0 Å². The highest BCUT2D eigenvalue weighted by Crippen LogP contribution is 2.29. The second-order valence-electron chi connectivity index (χ2n) is 4.72. The molecule has 2 rings (SSSR count). The van der Waals surface area contributed by atoms with Gasteiger partial charge in [-0.25, -0.2) is 13.2 Å². The van der Waals surface area contributed by atoms with E-state index in [1.807, 2.05) is 0 Å². The average molecular weight is 316 g/mol. The van der Waals surface area contributed by atoms with E-state index in [1.165, 1.54) is 14.0 Å². The minimum Gasteiger partial charge on any atom is -0.475 e. The van der Waals surface area contributed by atoms with E-state index >= 15 is 0 Å². The molecule has 1 aromatic rings. The molecule has 21 heavy (non-hydrogen) atoms. The van der Waals surface area contributed by atoms with Crippen molar-refractivity contribution in [2.75, 3.05) is 13.6 Å². The smallest absolute Gasteiger partial charge is 0.371 e. The number of aromatic carboxylic acids is 1. The second kappa shape index (κ2) is 5.49. The summed E-state index contributed by atoms with van der Waals surface area (Å²) in [7, 11) is -2.53. The van der Waals surface area contributed by atoms with E-state index < -0.39 is 27.8 Å². The Morgan fingerprint density at radius 3 is 2.67 bits per heavy atom. The molecule has 0 radical (unpaired) electrons. The lowest BCUT2D eigenvalue weighted by Crippen LogP contribution is -2.44. The predicted octanol–water partition coefficient (Wildman–Crippen LogP) is 0.185. The largest absolute Gasteiger partial charge is 0.475 e. The molecular formula is C12H16N2O6S. The number of hydrogen-bond acceptors (Lipinski definition) is 5. The molecule has 1 aromatic heterocycles. The molecule has 9 heteroatoms. The number of amides is 1. The highest BCUT2D eigenvalue weighted by atomic mass is 32.2. The van der Waals surface area contributed by atoms with Crippen LogP contribution in [0.15, 0.2) is 15.4 Å². The number of carbonyl (C=O) groups excluding carboxylic acids is 1. The summed E-state index contributed by atoms with van der Waals surface area (Å²) in [6, 6.07) is 0.203. The Kier molecular flexibility index (Phi) is 4.06. The van der Waals surface area contributed by atoms with Gasteiger partial charge in [-0.15, -0.1) is 0 Å². The lowest BCUT2D eigenvalue weighted by molar-refractivity contribution is -0.123. The molecule has 116 valence electrons. The van der Waals surface area contributed by atoms with Crippen molar-refractivity contribution in [3.63, 3.8) is 0 Å². The summed E-state index contributed by atoms with van der Waals surface area (Å²) < 4.78 is 31.3. The number of carboxylic acids is 1. The van der Waals surface area contributed by atoms with Crippen LogP contribution in [0.4, 0.5) is 0 Å². The fourth-order valence-corrected chi connectivity index (χ4v) is 4.23. The number of likely N-dealkylation sites (N-methyl/N-ethyl adjacent to an activating group) is 1. The highest BCUT2D eigenvalue weighted by Gasteiger charge is 2.40. The van der Waals surface area contributed by atoms with Crippen LogP contribution in [0.5, 0.6) is 0 Å². The number of carbonyl (C=O) groups is 2. The third-order valence-corrected chi connectivity index (χ3v) is 5.44. The molecule has 1 saturated heterocycles. The summed E-state index contributed by atoms with van der Waals surface area (Å²) >= 11 is 0. The minimum absolute atomic E-state index is 0.00467. The summed E-state index contributed by atoms with van der Waals surface area (Å²) in [4.78, 5) is 22.4. The van der Waals surface area contributed by atoms with Crippen LogP contribution in [0.3, 0.4) is 0 Å². The van der Waals surface area contributed by atoms with Crippen molar-refractivity contribution in [1.29, 1.82) is 0 Å². The van der Waals surface area contributed by atoms with E-state index in [2.05, 4.69) is 5.32 Å². The number of aryl methyl sites for hydroxylation is 1. The standard InChI is InChI=1S/C12H16N2O6S/c1-7-10(6-9(20-7)12(16)17)21(18,19)14-5-3-4-8(14)11(15)13-2/h6,8H,3-5H2,1-2H3,(H,13,15)(H,16,17). The second-order valence-corrected chi connectivity index (χ2v) is 6.58.